The normalized spacial score (nSPS) is 15.6. The average Bonchev–Trinajstić information content (AvgIpc) is 2.82. The average molecular weight is 615 g/mol. The summed E-state index contributed by atoms with van der Waals surface area (Å²) in [4.78, 5) is 49.2. The summed E-state index contributed by atoms with van der Waals surface area (Å²) in [7, 11) is 0. The van der Waals surface area contributed by atoms with Crippen LogP contribution in [0, 0.1) is 0 Å². The topological polar surface area (TPSA) is 190 Å². The first kappa shape index (κ1) is 38.1. The van der Waals surface area contributed by atoms with E-state index in [9.17, 15) is 34.5 Å². The van der Waals surface area contributed by atoms with Crippen molar-refractivity contribution in [1.82, 2.24) is 10.6 Å². The molecular formula is C25H46N2O11S2. The fourth-order valence-electron chi connectivity index (χ4n) is 2.86. The smallest absolute Gasteiger partial charge is 0.408 e. The molecule has 1 unspecified atom stereocenters. The van der Waals surface area contributed by atoms with Crippen molar-refractivity contribution in [3.05, 3.63) is 0 Å². The zero-order chi connectivity index (χ0) is 31.1. The molecule has 0 aromatic heterocycles. The molecule has 0 bridgehead atoms. The van der Waals surface area contributed by atoms with Crippen molar-refractivity contribution < 1.29 is 53.4 Å². The maximum atomic E-state index is 12.5. The molecule has 0 fully saturated rings. The standard InChI is InChI=1S/C25H46N2O11S2/c1-24(2,3)37-22(33)26-15(9-11-39-7)20(31)35-13-17(28)19(30)18(29)14-36-21(32)16(10-12-40-8)27-23(34)38-25(4,5)6/h15-19,28-30H,9-14H2,1-8H3,(H,26,33)(H,27,34)/t15-,16-,17-,18+,19?/m0/s1. The molecule has 0 aromatic rings. The zero-order valence-electron chi connectivity index (χ0n) is 24.6. The van der Waals surface area contributed by atoms with Crippen LogP contribution in [0.15, 0.2) is 0 Å². The van der Waals surface area contributed by atoms with E-state index in [-0.39, 0.29) is 12.8 Å². The highest BCUT2D eigenvalue weighted by Gasteiger charge is 2.31. The molecule has 0 heterocycles. The van der Waals surface area contributed by atoms with Gasteiger partial charge in [-0.3, -0.25) is 0 Å². The first-order chi connectivity index (χ1) is 18.4. The number of ether oxygens (including phenoxy) is 4. The van der Waals surface area contributed by atoms with Crippen LogP contribution >= 0.6 is 23.5 Å². The molecule has 0 aliphatic carbocycles. The monoisotopic (exact) mass is 614 g/mol. The predicted octanol–water partition coefficient (Wildman–Crippen LogP) is 1.45. The third kappa shape index (κ3) is 17.7. The molecule has 2 amide bonds. The second kappa shape index (κ2) is 18.5. The van der Waals surface area contributed by atoms with Crippen LogP contribution in [0.1, 0.15) is 54.4 Å². The number of hydrogen-bond acceptors (Lipinski definition) is 13. The van der Waals surface area contributed by atoms with Gasteiger partial charge < -0.3 is 44.9 Å². The van der Waals surface area contributed by atoms with Gasteiger partial charge in [-0.1, -0.05) is 0 Å². The van der Waals surface area contributed by atoms with Crippen molar-refractivity contribution in [2.75, 3.05) is 37.2 Å². The van der Waals surface area contributed by atoms with Gasteiger partial charge in [0, 0.05) is 0 Å². The van der Waals surface area contributed by atoms with Crippen LogP contribution in [0.4, 0.5) is 9.59 Å². The maximum Gasteiger partial charge on any atom is 0.408 e. The van der Waals surface area contributed by atoms with Gasteiger partial charge in [-0.25, -0.2) is 19.2 Å². The predicted molar refractivity (Wildman–Crippen MR) is 152 cm³/mol. The number of nitrogens with one attached hydrogen (secondary N) is 2. The van der Waals surface area contributed by atoms with Crippen LogP contribution in [0.5, 0.6) is 0 Å². The van der Waals surface area contributed by atoms with Crippen LogP contribution in [-0.2, 0) is 28.5 Å². The van der Waals surface area contributed by atoms with Crippen molar-refractivity contribution in [1.29, 1.82) is 0 Å². The molecule has 234 valence electrons. The molecule has 0 saturated heterocycles. The lowest BCUT2D eigenvalue weighted by Gasteiger charge is -2.25. The van der Waals surface area contributed by atoms with Crippen LogP contribution in [0.3, 0.4) is 0 Å². The lowest BCUT2D eigenvalue weighted by Crippen LogP contribution is -2.48. The number of aliphatic hydroxyl groups is 3. The van der Waals surface area contributed by atoms with E-state index in [0.29, 0.717) is 11.5 Å². The number of hydrogen-bond donors (Lipinski definition) is 5. The Morgan fingerprint density at radius 2 is 1.00 bits per heavy atom. The van der Waals surface area contributed by atoms with Crippen molar-refractivity contribution in [3.8, 4) is 0 Å². The molecule has 0 saturated carbocycles. The minimum absolute atomic E-state index is 0.228. The van der Waals surface area contributed by atoms with Crippen molar-refractivity contribution >= 4 is 47.6 Å². The molecule has 0 aliphatic rings. The number of rotatable bonds is 16. The van der Waals surface area contributed by atoms with Gasteiger partial charge >= 0.3 is 24.1 Å². The van der Waals surface area contributed by atoms with Gasteiger partial charge in [0.1, 0.15) is 54.8 Å². The summed E-state index contributed by atoms with van der Waals surface area (Å²) in [5.74, 6) is -0.689. The fourth-order valence-corrected chi connectivity index (χ4v) is 3.80. The van der Waals surface area contributed by atoms with Crippen molar-refractivity contribution in [3.63, 3.8) is 0 Å². The molecular weight excluding hydrogens is 568 g/mol. The first-order valence-electron chi connectivity index (χ1n) is 12.7. The minimum atomic E-state index is -1.84. The van der Waals surface area contributed by atoms with Gasteiger partial charge in [0.25, 0.3) is 0 Å². The highest BCUT2D eigenvalue weighted by atomic mass is 32.2. The highest BCUT2D eigenvalue weighted by Crippen LogP contribution is 2.11. The second-order valence-electron chi connectivity index (χ2n) is 10.8. The quantitative estimate of drug-likeness (QED) is 0.124. The summed E-state index contributed by atoms with van der Waals surface area (Å²) >= 11 is 2.89. The molecule has 0 aromatic carbocycles. The Morgan fingerprint density at radius 3 is 1.27 bits per heavy atom. The lowest BCUT2D eigenvalue weighted by molar-refractivity contribution is -0.160. The highest BCUT2D eigenvalue weighted by molar-refractivity contribution is 7.98. The summed E-state index contributed by atoms with van der Waals surface area (Å²) in [6.45, 7) is 8.62. The Balaban J connectivity index is 4.94. The van der Waals surface area contributed by atoms with Gasteiger partial charge in [0.2, 0.25) is 0 Å². The molecule has 0 spiro atoms. The van der Waals surface area contributed by atoms with E-state index >= 15 is 0 Å². The molecule has 40 heavy (non-hydrogen) atoms. The molecule has 0 aliphatic heterocycles. The first-order valence-corrected chi connectivity index (χ1v) is 15.5. The van der Waals surface area contributed by atoms with E-state index in [1.54, 1.807) is 41.5 Å². The van der Waals surface area contributed by atoms with E-state index in [4.69, 9.17) is 18.9 Å². The number of alkyl carbamates (subject to hydrolysis) is 2. The molecule has 5 N–H and O–H groups in total. The lowest BCUT2D eigenvalue weighted by atomic mass is 10.1. The summed E-state index contributed by atoms with van der Waals surface area (Å²) in [6.07, 6.45) is -2.83. The maximum absolute atomic E-state index is 12.5. The van der Waals surface area contributed by atoms with E-state index < -0.39 is 78.9 Å². The third-order valence-electron chi connectivity index (χ3n) is 4.75. The SMILES string of the molecule is CSCC[C@H](NC(=O)OC(C)(C)C)C(=O)OC[C@@H](O)C(O)[C@@H](O)COC(=O)[C@H](CCSC)NC(=O)OC(C)(C)C. The van der Waals surface area contributed by atoms with Crippen LogP contribution < -0.4 is 10.6 Å². The largest absolute Gasteiger partial charge is 0.461 e. The Hall–Kier alpha value is -1.94. The molecule has 0 rings (SSSR count). The Kier molecular flexibility index (Phi) is 17.6. The summed E-state index contributed by atoms with van der Waals surface area (Å²) < 4.78 is 20.4. The fraction of sp³-hybridized carbons (Fsp3) is 0.840. The van der Waals surface area contributed by atoms with Crippen molar-refractivity contribution in [2.45, 2.75) is 96.0 Å². The van der Waals surface area contributed by atoms with E-state index in [2.05, 4.69) is 10.6 Å². The van der Waals surface area contributed by atoms with Crippen LogP contribution in [-0.4, -0.2) is 118 Å². The minimum Gasteiger partial charge on any atom is -0.461 e. The number of amides is 2. The van der Waals surface area contributed by atoms with Gasteiger partial charge in [0.05, 0.1) is 0 Å². The van der Waals surface area contributed by atoms with E-state index in [1.807, 2.05) is 12.5 Å². The molecule has 5 atom stereocenters. The van der Waals surface area contributed by atoms with Crippen LogP contribution in [0.25, 0.3) is 0 Å². The van der Waals surface area contributed by atoms with Gasteiger partial charge in [-0.05, 0) is 78.4 Å². The molecule has 13 nitrogen and oxygen atoms in total. The zero-order valence-corrected chi connectivity index (χ0v) is 26.2. The van der Waals surface area contributed by atoms with Gasteiger partial charge in [-0.2, -0.15) is 23.5 Å². The van der Waals surface area contributed by atoms with Crippen LogP contribution in [0.2, 0.25) is 0 Å². The number of aliphatic hydroxyl groups excluding tert-OH is 3. The summed E-state index contributed by atoms with van der Waals surface area (Å²) in [6, 6.07) is -2.12. The number of carbonyl (C=O) groups excluding carboxylic acids is 4. The summed E-state index contributed by atoms with van der Waals surface area (Å²) in [5.41, 5.74) is -1.56. The Labute approximate surface area is 244 Å². The summed E-state index contributed by atoms with van der Waals surface area (Å²) in [5, 5.41) is 35.6. The van der Waals surface area contributed by atoms with E-state index in [1.165, 1.54) is 23.5 Å². The number of carbonyl (C=O) groups is 4. The third-order valence-corrected chi connectivity index (χ3v) is 6.04. The molecule has 15 heteroatoms. The Morgan fingerprint density at radius 1 is 0.675 bits per heavy atom. The molecule has 0 radical (unpaired) electrons. The second-order valence-corrected chi connectivity index (χ2v) is 12.8. The number of esters is 2. The Bertz CT molecular complexity index is 739. The number of thioether (sulfide) groups is 2. The van der Waals surface area contributed by atoms with Gasteiger partial charge in [-0.15, -0.1) is 0 Å². The van der Waals surface area contributed by atoms with Crippen molar-refractivity contribution in [2.24, 2.45) is 0 Å². The van der Waals surface area contributed by atoms with Gasteiger partial charge in [0.15, 0.2) is 0 Å². The van der Waals surface area contributed by atoms with E-state index in [0.717, 1.165) is 0 Å².